The standard InChI is InChI=1S/C34H43BrO6/c1-17(2)11-13-19-24-20(29(37)27(35)28(19)36)16-21-25(24)26(34(21,9)10)18-12-14-22(40-30(38)32(3,4)5)23(15-18)41-31(39)33(6,7)8/h11-12,14-15,21,25-26,36-37H,13,16H2,1-10H3/t21-,25-,26-/m1/s1. The molecular weight excluding hydrogens is 584 g/mol. The summed E-state index contributed by atoms with van der Waals surface area (Å²) in [6.07, 6.45) is 3.36. The van der Waals surface area contributed by atoms with Crippen LogP contribution in [0.5, 0.6) is 23.0 Å². The molecule has 0 unspecified atom stereocenters. The van der Waals surface area contributed by atoms with Crippen molar-refractivity contribution in [1.29, 1.82) is 0 Å². The highest BCUT2D eigenvalue weighted by molar-refractivity contribution is 9.10. The first-order valence-electron chi connectivity index (χ1n) is 14.2. The molecule has 0 amide bonds. The number of carbonyl (C=O) groups is 2. The molecule has 0 bridgehead atoms. The van der Waals surface area contributed by atoms with Crippen molar-refractivity contribution in [3.05, 3.63) is 56.6 Å². The van der Waals surface area contributed by atoms with Gasteiger partial charge in [0.25, 0.3) is 0 Å². The van der Waals surface area contributed by atoms with Crippen LogP contribution in [0.2, 0.25) is 0 Å². The van der Waals surface area contributed by atoms with Gasteiger partial charge in [-0.15, -0.1) is 0 Å². The van der Waals surface area contributed by atoms with E-state index in [1.165, 1.54) is 0 Å². The summed E-state index contributed by atoms with van der Waals surface area (Å²) in [5.74, 6) is 0.0679. The lowest BCUT2D eigenvalue weighted by atomic mass is 9.46. The SMILES string of the molecule is CC(C)=CCc1c(O)c(Br)c(O)c2c1[C@H]1[C@@H](C2)C(C)(C)[C@@H]1c1ccc(OC(=O)C(C)(C)C)c(OC(=O)C(C)(C)C)c1. The van der Waals surface area contributed by atoms with Crippen LogP contribution in [-0.4, -0.2) is 22.2 Å². The molecule has 0 aliphatic heterocycles. The van der Waals surface area contributed by atoms with E-state index in [4.69, 9.17) is 9.47 Å². The highest BCUT2D eigenvalue weighted by Gasteiger charge is 2.61. The lowest BCUT2D eigenvalue weighted by Gasteiger charge is -2.57. The van der Waals surface area contributed by atoms with Gasteiger partial charge in [0.05, 0.1) is 10.8 Å². The summed E-state index contributed by atoms with van der Waals surface area (Å²) in [5, 5.41) is 22.2. The summed E-state index contributed by atoms with van der Waals surface area (Å²) < 4.78 is 11.9. The topological polar surface area (TPSA) is 93.1 Å². The van der Waals surface area contributed by atoms with Crippen LogP contribution in [0, 0.1) is 22.2 Å². The Balaban J connectivity index is 1.84. The van der Waals surface area contributed by atoms with Crippen LogP contribution in [0.25, 0.3) is 0 Å². The smallest absolute Gasteiger partial charge is 0.316 e. The Morgan fingerprint density at radius 3 is 2.07 bits per heavy atom. The van der Waals surface area contributed by atoms with E-state index in [0.29, 0.717) is 17.3 Å². The van der Waals surface area contributed by atoms with E-state index in [2.05, 4.69) is 35.9 Å². The van der Waals surface area contributed by atoms with E-state index in [1.807, 2.05) is 26.0 Å². The summed E-state index contributed by atoms with van der Waals surface area (Å²) in [6, 6.07) is 5.47. The molecule has 0 heterocycles. The van der Waals surface area contributed by atoms with Gasteiger partial charge in [0.2, 0.25) is 0 Å². The third-order valence-electron chi connectivity index (χ3n) is 8.62. The van der Waals surface area contributed by atoms with Gasteiger partial charge in [0, 0.05) is 5.56 Å². The molecule has 2 aromatic carbocycles. The predicted molar refractivity (Wildman–Crippen MR) is 164 cm³/mol. The van der Waals surface area contributed by atoms with Crippen LogP contribution in [0.15, 0.2) is 34.3 Å². The third-order valence-corrected chi connectivity index (χ3v) is 9.37. The zero-order valence-electron chi connectivity index (χ0n) is 25.9. The largest absolute Gasteiger partial charge is 0.506 e. The summed E-state index contributed by atoms with van der Waals surface area (Å²) >= 11 is 3.42. The van der Waals surface area contributed by atoms with Gasteiger partial charge in [0.1, 0.15) is 16.0 Å². The van der Waals surface area contributed by atoms with Gasteiger partial charge in [-0.25, -0.2) is 0 Å². The second-order valence-electron chi connectivity index (χ2n) is 14.5. The Hall–Kier alpha value is -2.80. The van der Waals surface area contributed by atoms with E-state index in [9.17, 15) is 19.8 Å². The first-order chi connectivity index (χ1) is 18.8. The number of carbonyl (C=O) groups excluding carboxylic acids is 2. The molecule has 0 spiro atoms. The van der Waals surface area contributed by atoms with Crippen molar-refractivity contribution in [2.75, 3.05) is 0 Å². The van der Waals surface area contributed by atoms with Crippen LogP contribution in [0.1, 0.15) is 103 Å². The number of phenolic OH excluding ortho intramolecular Hbond substituents is 2. The number of ether oxygens (including phenoxy) is 2. The van der Waals surface area contributed by atoms with Crippen molar-refractivity contribution >= 4 is 27.9 Å². The van der Waals surface area contributed by atoms with Gasteiger partial charge in [-0.1, -0.05) is 31.6 Å². The molecule has 7 heteroatoms. The second kappa shape index (κ2) is 10.5. The van der Waals surface area contributed by atoms with Crippen molar-refractivity contribution in [3.8, 4) is 23.0 Å². The molecule has 2 aromatic rings. The maximum absolute atomic E-state index is 13.0. The number of allylic oxidation sites excluding steroid dienone is 2. The lowest BCUT2D eigenvalue weighted by molar-refractivity contribution is -0.145. The minimum absolute atomic E-state index is 0.0126. The summed E-state index contributed by atoms with van der Waals surface area (Å²) in [6.45, 7) is 19.2. The number of hydrogen-bond acceptors (Lipinski definition) is 6. The average Bonchev–Trinajstić information content (AvgIpc) is 3.20. The quantitative estimate of drug-likeness (QED) is 0.197. The van der Waals surface area contributed by atoms with Crippen molar-refractivity contribution in [1.82, 2.24) is 0 Å². The number of halogens is 1. The zero-order chi connectivity index (χ0) is 30.8. The van der Waals surface area contributed by atoms with Crippen molar-refractivity contribution in [2.24, 2.45) is 22.2 Å². The highest BCUT2D eigenvalue weighted by Crippen LogP contribution is 2.71. The number of fused-ring (bicyclic) bond motifs is 3. The minimum Gasteiger partial charge on any atom is -0.506 e. The molecule has 1 saturated carbocycles. The van der Waals surface area contributed by atoms with E-state index >= 15 is 0 Å². The molecule has 2 N–H and O–H groups in total. The maximum atomic E-state index is 13.0. The van der Waals surface area contributed by atoms with Crippen LogP contribution in [-0.2, 0) is 22.4 Å². The molecule has 6 nitrogen and oxygen atoms in total. The van der Waals surface area contributed by atoms with E-state index in [1.54, 1.807) is 47.6 Å². The molecular formula is C34H43BrO6. The fourth-order valence-corrected chi connectivity index (χ4v) is 6.69. The number of hydrogen-bond donors (Lipinski definition) is 2. The number of rotatable bonds is 5. The number of aromatic hydroxyl groups is 2. The van der Waals surface area contributed by atoms with Crippen molar-refractivity contribution < 1.29 is 29.3 Å². The molecule has 41 heavy (non-hydrogen) atoms. The van der Waals surface area contributed by atoms with Gasteiger partial charge in [-0.2, -0.15) is 0 Å². The first-order valence-corrected chi connectivity index (χ1v) is 15.0. The van der Waals surface area contributed by atoms with Crippen molar-refractivity contribution in [2.45, 2.75) is 93.9 Å². The summed E-state index contributed by atoms with van der Waals surface area (Å²) in [5.41, 5.74) is 3.17. The molecule has 1 fully saturated rings. The Labute approximate surface area is 252 Å². The van der Waals surface area contributed by atoms with Gasteiger partial charge < -0.3 is 19.7 Å². The maximum Gasteiger partial charge on any atom is 0.316 e. The van der Waals surface area contributed by atoms with Crippen LogP contribution in [0.4, 0.5) is 0 Å². The fourth-order valence-electron chi connectivity index (χ4n) is 6.21. The van der Waals surface area contributed by atoms with Gasteiger partial charge in [0.15, 0.2) is 11.5 Å². The molecule has 4 rings (SSSR count). The van der Waals surface area contributed by atoms with Crippen LogP contribution >= 0.6 is 15.9 Å². The molecule has 0 aromatic heterocycles. The van der Waals surface area contributed by atoms with Gasteiger partial charge >= 0.3 is 11.9 Å². The Bertz CT molecular complexity index is 1430. The molecule has 0 radical (unpaired) electrons. The highest BCUT2D eigenvalue weighted by atomic mass is 79.9. The van der Waals surface area contributed by atoms with Gasteiger partial charge in [-0.3, -0.25) is 9.59 Å². The van der Waals surface area contributed by atoms with E-state index < -0.39 is 22.8 Å². The van der Waals surface area contributed by atoms with Crippen LogP contribution in [0.3, 0.4) is 0 Å². The van der Waals surface area contributed by atoms with E-state index in [0.717, 1.165) is 27.8 Å². The molecule has 0 saturated heterocycles. The average molecular weight is 628 g/mol. The van der Waals surface area contributed by atoms with E-state index in [-0.39, 0.29) is 46.2 Å². The lowest BCUT2D eigenvalue weighted by Crippen LogP contribution is -2.48. The second-order valence-corrected chi connectivity index (χ2v) is 15.3. The molecule has 2 aliphatic rings. The number of esters is 2. The molecule has 222 valence electrons. The first kappa shape index (κ1) is 31.1. The normalized spacial score (nSPS) is 20.9. The third kappa shape index (κ3) is 5.54. The van der Waals surface area contributed by atoms with Crippen LogP contribution < -0.4 is 9.47 Å². The Kier molecular flexibility index (Phi) is 7.96. The summed E-state index contributed by atoms with van der Waals surface area (Å²) in [7, 11) is 0. The molecule has 2 aliphatic carbocycles. The Morgan fingerprint density at radius 2 is 1.54 bits per heavy atom. The predicted octanol–water partition coefficient (Wildman–Crippen LogP) is 8.35. The Morgan fingerprint density at radius 1 is 0.976 bits per heavy atom. The van der Waals surface area contributed by atoms with Gasteiger partial charge in [-0.05, 0) is 136 Å². The van der Waals surface area contributed by atoms with Crippen molar-refractivity contribution in [3.63, 3.8) is 0 Å². The summed E-state index contributed by atoms with van der Waals surface area (Å²) in [4.78, 5) is 25.7. The number of benzene rings is 2. The minimum atomic E-state index is -0.755. The number of phenols is 2. The zero-order valence-corrected chi connectivity index (χ0v) is 27.4. The fraction of sp³-hybridized carbons (Fsp3) is 0.529. The monoisotopic (exact) mass is 626 g/mol. The molecule has 3 atom stereocenters.